The van der Waals surface area contributed by atoms with Gasteiger partial charge in [-0.05, 0) is 73.4 Å². The summed E-state index contributed by atoms with van der Waals surface area (Å²) < 4.78 is 11.1. The zero-order chi connectivity index (χ0) is 23.5. The monoisotopic (exact) mass is 443 g/mol. The van der Waals surface area contributed by atoms with Gasteiger partial charge in [0.25, 0.3) is 5.91 Å². The van der Waals surface area contributed by atoms with Crippen LogP contribution in [0.2, 0.25) is 0 Å². The van der Waals surface area contributed by atoms with Crippen LogP contribution >= 0.6 is 0 Å². The summed E-state index contributed by atoms with van der Waals surface area (Å²) >= 11 is 0. The van der Waals surface area contributed by atoms with E-state index in [1.807, 2.05) is 49.4 Å². The lowest BCUT2D eigenvalue weighted by Crippen LogP contribution is -2.24. The van der Waals surface area contributed by atoms with Crippen molar-refractivity contribution >= 4 is 17.2 Å². The van der Waals surface area contributed by atoms with Gasteiger partial charge in [-0.25, -0.2) is 0 Å². The normalized spacial score (nSPS) is 15.2. The topological polar surface area (TPSA) is 63.7 Å². The van der Waals surface area contributed by atoms with Crippen LogP contribution in [0, 0.1) is 6.92 Å². The van der Waals surface area contributed by atoms with E-state index in [-0.39, 0.29) is 5.91 Å². The van der Waals surface area contributed by atoms with Gasteiger partial charge in [-0.3, -0.25) is 9.78 Å². The minimum absolute atomic E-state index is 0.162. The number of fused-ring (bicyclic) bond motifs is 1. The van der Waals surface area contributed by atoms with Crippen LogP contribution in [0.25, 0.3) is 5.57 Å². The molecule has 1 amide bonds. The van der Waals surface area contributed by atoms with Crippen molar-refractivity contribution in [2.75, 3.05) is 26.6 Å². The first-order valence-corrected chi connectivity index (χ1v) is 10.9. The number of ether oxygens (including phenoxy) is 2. The lowest BCUT2D eigenvalue weighted by atomic mass is 9.92. The molecular formula is C27H29N3O3. The number of aryl methyl sites for hydroxylation is 1. The molecule has 0 spiro atoms. The van der Waals surface area contributed by atoms with E-state index < -0.39 is 0 Å². The molecule has 2 heterocycles. The van der Waals surface area contributed by atoms with Crippen LogP contribution in [0.5, 0.6) is 11.5 Å². The van der Waals surface area contributed by atoms with Crippen LogP contribution in [-0.2, 0) is 6.42 Å². The van der Waals surface area contributed by atoms with Gasteiger partial charge in [-0.15, -0.1) is 0 Å². The predicted molar refractivity (Wildman–Crippen MR) is 131 cm³/mol. The molecule has 0 aliphatic carbocycles. The minimum atomic E-state index is -0.162. The van der Waals surface area contributed by atoms with Gasteiger partial charge in [0.05, 0.1) is 25.6 Å². The SMILES string of the molecule is COc1cc2c(cc1OC)C(c1ccc(C(=O)Nc3cccnc3C)cc1)=CN(C)C(C)C2. The molecular weight excluding hydrogens is 414 g/mol. The first-order chi connectivity index (χ1) is 15.9. The molecule has 0 radical (unpaired) electrons. The number of carbonyl (C=O) groups excluding carboxylic acids is 1. The highest BCUT2D eigenvalue weighted by atomic mass is 16.5. The second kappa shape index (κ2) is 9.36. The number of likely N-dealkylation sites (N-methyl/N-ethyl adjacent to an activating group) is 1. The largest absolute Gasteiger partial charge is 0.493 e. The fourth-order valence-electron chi connectivity index (χ4n) is 4.05. The van der Waals surface area contributed by atoms with Crippen molar-refractivity contribution in [1.82, 2.24) is 9.88 Å². The fourth-order valence-corrected chi connectivity index (χ4v) is 4.05. The van der Waals surface area contributed by atoms with Crippen LogP contribution in [0.1, 0.15) is 39.7 Å². The highest BCUT2D eigenvalue weighted by Gasteiger charge is 2.22. The van der Waals surface area contributed by atoms with Gasteiger partial charge < -0.3 is 19.7 Å². The molecule has 170 valence electrons. The highest BCUT2D eigenvalue weighted by molar-refractivity contribution is 6.04. The van der Waals surface area contributed by atoms with E-state index in [0.717, 1.165) is 34.6 Å². The van der Waals surface area contributed by atoms with Gasteiger partial charge in [0, 0.05) is 36.6 Å². The van der Waals surface area contributed by atoms with Crippen molar-refractivity contribution in [3.63, 3.8) is 0 Å². The number of methoxy groups -OCH3 is 2. The number of hydrogen-bond acceptors (Lipinski definition) is 5. The quantitative estimate of drug-likeness (QED) is 0.606. The van der Waals surface area contributed by atoms with Crippen molar-refractivity contribution in [3.05, 3.63) is 88.9 Å². The van der Waals surface area contributed by atoms with Crippen LogP contribution in [0.3, 0.4) is 0 Å². The molecule has 33 heavy (non-hydrogen) atoms. The van der Waals surface area contributed by atoms with Gasteiger partial charge in [0.2, 0.25) is 0 Å². The number of anilines is 1. The summed E-state index contributed by atoms with van der Waals surface area (Å²) in [6.45, 7) is 4.07. The lowest BCUT2D eigenvalue weighted by Gasteiger charge is -2.21. The van der Waals surface area contributed by atoms with Gasteiger partial charge in [-0.2, -0.15) is 0 Å². The second-order valence-corrected chi connectivity index (χ2v) is 8.29. The number of rotatable bonds is 5. The summed E-state index contributed by atoms with van der Waals surface area (Å²) in [5.41, 5.74) is 6.49. The summed E-state index contributed by atoms with van der Waals surface area (Å²) in [7, 11) is 5.39. The van der Waals surface area contributed by atoms with Crippen molar-refractivity contribution < 1.29 is 14.3 Å². The number of nitrogens with one attached hydrogen (secondary N) is 1. The summed E-state index contributed by atoms with van der Waals surface area (Å²) in [5, 5.41) is 2.94. The first-order valence-electron chi connectivity index (χ1n) is 10.9. The maximum atomic E-state index is 12.8. The molecule has 0 fully saturated rings. The van der Waals surface area contributed by atoms with E-state index in [1.165, 1.54) is 5.56 Å². The maximum absolute atomic E-state index is 12.8. The Morgan fingerprint density at radius 3 is 2.45 bits per heavy atom. The molecule has 6 heteroatoms. The Kier molecular flexibility index (Phi) is 6.36. The Hall–Kier alpha value is -3.80. The molecule has 1 N–H and O–H groups in total. The number of hydrogen-bond donors (Lipinski definition) is 1. The van der Waals surface area contributed by atoms with E-state index in [9.17, 15) is 4.79 Å². The molecule has 0 saturated heterocycles. The Labute approximate surface area is 194 Å². The van der Waals surface area contributed by atoms with Crippen LogP contribution in [0.15, 0.2) is 60.9 Å². The smallest absolute Gasteiger partial charge is 0.255 e. The average molecular weight is 444 g/mol. The van der Waals surface area contributed by atoms with E-state index in [2.05, 4.69) is 41.4 Å². The van der Waals surface area contributed by atoms with Crippen molar-refractivity contribution in [2.24, 2.45) is 0 Å². The van der Waals surface area contributed by atoms with Crippen molar-refractivity contribution in [2.45, 2.75) is 26.3 Å². The van der Waals surface area contributed by atoms with Gasteiger partial charge in [0.1, 0.15) is 0 Å². The molecule has 2 aromatic carbocycles. The third-order valence-corrected chi connectivity index (χ3v) is 6.16. The van der Waals surface area contributed by atoms with Gasteiger partial charge in [0.15, 0.2) is 11.5 Å². The third kappa shape index (κ3) is 4.55. The summed E-state index contributed by atoms with van der Waals surface area (Å²) in [5.74, 6) is 1.26. The van der Waals surface area contributed by atoms with Gasteiger partial charge >= 0.3 is 0 Å². The molecule has 3 aromatic rings. The number of pyridine rings is 1. The lowest BCUT2D eigenvalue weighted by molar-refractivity contribution is 0.102. The van der Waals surface area contributed by atoms with Crippen LogP contribution in [0.4, 0.5) is 5.69 Å². The Morgan fingerprint density at radius 2 is 1.79 bits per heavy atom. The summed E-state index contributed by atoms with van der Waals surface area (Å²) in [6, 6.07) is 15.8. The van der Waals surface area contributed by atoms with Crippen molar-refractivity contribution in [3.8, 4) is 11.5 Å². The number of nitrogens with zero attached hydrogens (tertiary/aromatic N) is 2. The van der Waals surface area contributed by atoms with E-state index in [1.54, 1.807) is 20.4 Å². The minimum Gasteiger partial charge on any atom is -0.493 e. The van der Waals surface area contributed by atoms with E-state index in [0.29, 0.717) is 23.0 Å². The first kappa shape index (κ1) is 22.4. The molecule has 0 saturated carbocycles. The Bertz CT molecular complexity index is 1200. The highest BCUT2D eigenvalue weighted by Crippen LogP contribution is 2.38. The Balaban J connectivity index is 1.69. The molecule has 4 rings (SSSR count). The number of amides is 1. The summed E-state index contributed by atoms with van der Waals surface area (Å²) in [4.78, 5) is 19.2. The maximum Gasteiger partial charge on any atom is 0.255 e. The molecule has 6 nitrogen and oxygen atoms in total. The number of aromatic nitrogens is 1. The van der Waals surface area contributed by atoms with Crippen LogP contribution < -0.4 is 14.8 Å². The molecule has 1 aliphatic rings. The predicted octanol–water partition coefficient (Wildman–Crippen LogP) is 4.93. The van der Waals surface area contributed by atoms with Crippen LogP contribution in [-0.4, -0.2) is 43.1 Å². The van der Waals surface area contributed by atoms with Crippen molar-refractivity contribution in [1.29, 1.82) is 0 Å². The Morgan fingerprint density at radius 1 is 1.09 bits per heavy atom. The zero-order valence-corrected chi connectivity index (χ0v) is 19.7. The summed E-state index contributed by atoms with van der Waals surface area (Å²) in [6.07, 6.45) is 4.76. The molecule has 1 atom stereocenters. The molecule has 1 aromatic heterocycles. The second-order valence-electron chi connectivity index (χ2n) is 8.29. The third-order valence-electron chi connectivity index (χ3n) is 6.16. The fraction of sp³-hybridized carbons (Fsp3) is 0.259. The number of benzene rings is 2. The average Bonchev–Trinajstić information content (AvgIpc) is 2.95. The zero-order valence-electron chi connectivity index (χ0n) is 19.7. The molecule has 1 unspecified atom stereocenters. The molecule has 1 aliphatic heterocycles. The molecule has 0 bridgehead atoms. The standard InChI is InChI=1S/C27H29N3O3/c1-17-13-21-14-25(32-4)26(33-5)15-22(21)23(16-30(17)3)19-8-10-20(11-9-19)27(31)29-24-7-6-12-28-18(24)2/h6-12,14-17H,13H2,1-5H3,(H,29,31). The number of carbonyl (C=O) groups is 1. The van der Waals surface area contributed by atoms with Gasteiger partial charge in [-0.1, -0.05) is 12.1 Å². The van der Waals surface area contributed by atoms with E-state index >= 15 is 0 Å². The van der Waals surface area contributed by atoms with E-state index in [4.69, 9.17) is 9.47 Å².